The van der Waals surface area contributed by atoms with Crippen molar-refractivity contribution in [1.82, 2.24) is 10.2 Å². The summed E-state index contributed by atoms with van der Waals surface area (Å²) < 4.78 is 18.9. The molecule has 2 aromatic carbocycles. The Bertz CT molecular complexity index is 903. The summed E-state index contributed by atoms with van der Waals surface area (Å²) in [5, 5.41) is 5.45. The Morgan fingerprint density at radius 2 is 2.00 bits per heavy atom. The van der Waals surface area contributed by atoms with Gasteiger partial charge in [-0.05, 0) is 68.5 Å². The van der Waals surface area contributed by atoms with Crippen LogP contribution in [0.5, 0.6) is 5.75 Å². The van der Waals surface area contributed by atoms with Crippen LogP contribution in [0.2, 0.25) is 0 Å². The van der Waals surface area contributed by atoms with Gasteiger partial charge in [-0.2, -0.15) is 0 Å². The summed E-state index contributed by atoms with van der Waals surface area (Å²) >= 11 is 0. The molecule has 31 heavy (non-hydrogen) atoms. The first-order valence-corrected chi connectivity index (χ1v) is 10.7. The standard InChI is InChI=1S/C24H30FN3O3/c1-17(2)31-22-10-3-6-18(12-22)13-23(29)28-11-5-7-19(16-28)15-26-24(30)27-21-9-4-8-20(25)14-21/h3-4,6,8-10,12,14,17,19H,5,7,11,13,15-16H2,1-2H3,(H2,26,27,30). The predicted octanol–water partition coefficient (Wildman–Crippen LogP) is 4.22. The zero-order valence-corrected chi connectivity index (χ0v) is 18.1. The summed E-state index contributed by atoms with van der Waals surface area (Å²) in [5.41, 5.74) is 1.33. The number of hydrogen-bond donors (Lipinski definition) is 2. The van der Waals surface area contributed by atoms with Crippen LogP contribution in [0.15, 0.2) is 48.5 Å². The number of piperidine rings is 1. The number of benzene rings is 2. The highest BCUT2D eigenvalue weighted by molar-refractivity contribution is 5.89. The van der Waals surface area contributed by atoms with E-state index in [-0.39, 0.29) is 24.0 Å². The van der Waals surface area contributed by atoms with Gasteiger partial charge in [0, 0.05) is 25.3 Å². The van der Waals surface area contributed by atoms with Crippen molar-refractivity contribution in [2.45, 2.75) is 39.2 Å². The van der Waals surface area contributed by atoms with Crippen LogP contribution in [0.25, 0.3) is 0 Å². The Morgan fingerprint density at radius 1 is 1.19 bits per heavy atom. The molecule has 0 bridgehead atoms. The zero-order valence-electron chi connectivity index (χ0n) is 18.1. The van der Waals surface area contributed by atoms with Crippen LogP contribution in [-0.4, -0.2) is 42.6 Å². The smallest absolute Gasteiger partial charge is 0.319 e. The maximum atomic E-state index is 13.2. The number of nitrogens with one attached hydrogen (secondary N) is 2. The molecule has 0 radical (unpaired) electrons. The molecule has 2 aromatic rings. The quantitative estimate of drug-likeness (QED) is 0.695. The van der Waals surface area contributed by atoms with E-state index in [1.165, 1.54) is 12.1 Å². The van der Waals surface area contributed by atoms with Crippen LogP contribution in [0.4, 0.5) is 14.9 Å². The van der Waals surface area contributed by atoms with E-state index in [1.807, 2.05) is 43.0 Å². The summed E-state index contributed by atoms with van der Waals surface area (Å²) in [6, 6.07) is 13.0. The van der Waals surface area contributed by atoms with Gasteiger partial charge < -0.3 is 20.3 Å². The molecule has 3 rings (SSSR count). The lowest BCUT2D eigenvalue weighted by Crippen LogP contribution is -2.44. The molecular formula is C24H30FN3O3. The first kappa shape index (κ1) is 22.6. The van der Waals surface area contributed by atoms with E-state index in [1.54, 1.807) is 12.1 Å². The first-order valence-electron chi connectivity index (χ1n) is 10.7. The van der Waals surface area contributed by atoms with Crippen molar-refractivity contribution in [1.29, 1.82) is 0 Å². The number of likely N-dealkylation sites (tertiary alicyclic amines) is 1. The maximum Gasteiger partial charge on any atom is 0.319 e. The van der Waals surface area contributed by atoms with Crippen LogP contribution in [0.1, 0.15) is 32.3 Å². The molecule has 0 aliphatic carbocycles. The fourth-order valence-electron chi connectivity index (χ4n) is 3.72. The summed E-state index contributed by atoms with van der Waals surface area (Å²) in [6.45, 7) is 5.74. The molecule has 7 heteroatoms. The number of halogens is 1. The highest BCUT2D eigenvalue weighted by Gasteiger charge is 2.24. The third-order valence-electron chi connectivity index (χ3n) is 5.13. The summed E-state index contributed by atoms with van der Waals surface area (Å²) in [7, 11) is 0. The van der Waals surface area contributed by atoms with Crippen molar-refractivity contribution < 1.29 is 18.7 Å². The number of amides is 3. The second kappa shape index (κ2) is 10.8. The van der Waals surface area contributed by atoms with E-state index in [9.17, 15) is 14.0 Å². The summed E-state index contributed by atoms with van der Waals surface area (Å²) in [4.78, 5) is 26.8. The first-order chi connectivity index (χ1) is 14.9. The maximum absolute atomic E-state index is 13.2. The number of ether oxygens (including phenoxy) is 1. The molecule has 6 nitrogen and oxygen atoms in total. The number of carbonyl (C=O) groups is 2. The van der Waals surface area contributed by atoms with Gasteiger partial charge in [-0.15, -0.1) is 0 Å². The van der Waals surface area contributed by atoms with E-state index in [0.717, 1.165) is 30.7 Å². The lowest BCUT2D eigenvalue weighted by Gasteiger charge is -2.33. The molecular weight excluding hydrogens is 397 g/mol. The van der Waals surface area contributed by atoms with Crippen LogP contribution in [-0.2, 0) is 11.2 Å². The number of rotatable bonds is 7. The van der Waals surface area contributed by atoms with E-state index in [2.05, 4.69) is 10.6 Å². The molecule has 0 saturated carbocycles. The Labute approximate surface area is 182 Å². The van der Waals surface area contributed by atoms with Crippen molar-refractivity contribution in [3.05, 3.63) is 59.9 Å². The zero-order chi connectivity index (χ0) is 22.2. The van der Waals surface area contributed by atoms with Gasteiger partial charge in [0.1, 0.15) is 11.6 Å². The Hall–Kier alpha value is -3.09. The normalized spacial score (nSPS) is 16.1. The number of urea groups is 1. The minimum absolute atomic E-state index is 0.0793. The molecule has 1 heterocycles. The lowest BCUT2D eigenvalue weighted by molar-refractivity contribution is -0.132. The third kappa shape index (κ3) is 7.27. The van der Waals surface area contributed by atoms with Crippen molar-refractivity contribution in [2.75, 3.05) is 25.0 Å². The average Bonchev–Trinajstić information content (AvgIpc) is 2.72. The van der Waals surface area contributed by atoms with Crippen LogP contribution >= 0.6 is 0 Å². The molecule has 1 aliphatic heterocycles. The monoisotopic (exact) mass is 427 g/mol. The van der Waals surface area contributed by atoms with Gasteiger partial charge in [0.2, 0.25) is 5.91 Å². The van der Waals surface area contributed by atoms with Crippen LogP contribution < -0.4 is 15.4 Å². The number of hydrogen-bond acceptors (Lipinski definition) is 3. The van der Waals surface area contributed by atoms with Gasteiger partial charge in [0.05, 0.1) is 12.5 Å². The SMILES string of the molecule is CC(C)Oc1cccc(CC(=O)N2CCCC(CNC(=O)Nc3cccc(F)c3)C2)c1. The molecule has 1 atom stereocenters. The fraction of sp³-hybridized carbons (Fsp3) is 0.417. The highest BCUT2D eigenvalue weighted by atomic mass is 19.1. The minimum Gasteiger partial charge on any atom is -0.491 e. The summed E-state index contributed by atoms with van der Waals surface area (Å²) in [6.07, 6.45) is 2.26. The largest absolute Gasteiger partial charge is 0.491 e. The van der Waals surface area contributed by atoms with Gasteiger partial charge >= 0.3 is 6.03 Å². The Balaban J connectivity index is 1.47. The lowest BCUT2D eigenvalue weighted by atomic mass is 9.97. The number of carbonyl (C=O) groups excluding carboxylic acids is 2. The van der Waals surface area contributed by atoms with Gasteiger partial charge in [-0.3, -0.25) is 4.79 Å². The third-order valence-corrected chi connectivity index (χ3v) is 5.13. The second-order valence-corrected chi connectivity index (χ2v) is 8.18. The Morgan fingerprint density at radius 3 is 2.77 bits per heavy atom. The number of nitrogens with zero attached hydrogens (tertiary/aromatic N) is 1. The van der Waals surface area contributed by atoms with Crippen molar-refractivity contribution in [3.63, 3.8) is 0 Å². The van der Waals surface area contributed by atoms with Crippen molar-refractivity contribution >= 4 is 17.6 Å². The van der Waals surface area contributed by atoms with E-state index in [0.29, 0.717) is 25.2 Å². The molecule has 1 aliphatic rings. The molecule has 1 saturated heterocycles. The molecule has 1 fully saturated rings. The van der Waals surface area contributed by atoms with Gasteiger partial charge in [-0.25, -0.2) is 9.18 Å². The molecule has 166 valence electrons. The van der Waals surface area contributed by atoms with Crippen LogP contribution in [0.3, 0.4) is 0 Å². The van der Waals surface area contributed by atoms with E-state index >= 15 is 0 Å². The van der Waals surface area contributed by atoms with Gasteiger partial charge in [0.25, 0.3) is 0 Å². The molecule has 2 N–H and O–H groups in total. The number of anilines is 1. The van der Waals surface area contributed by atoms with Crippen LogP contribution in [0, 0.1) is 11.7 Å². The van der Waals surface area contributed by atoms with Gasteiger partial charge in [-0.1, -0.05) is 18.2 Å². The van der Waals surface area contributed by atoms with E-state index < -0.39 is 5.82 Å². The minimum atomic E-state index is -0.402. The van der Waals surface area contributed by atoms with Crippen molar-refractivity contribution in [2.24, 2.45) is 5.92 Å². The highest BCUT2D eigenvalue weighted by Crippen LogP contribution is 2.19. The van der Waals surface area contributed by atoms with E-state index in [4.69, 9.17) is 4.74 Å². The Kier molecular flexibility index (Phi) is 7.87. The molecule has 1 unspecified atom stereocenters. The molecule has 0 aromatic heterocycles. The van der Waals surface area contributed by atoms with Gasteiger partial charge in [0.15, 0.2) is 0 Å². The fourth-order valence-corrected chi connectivity index (χ4v) is 3.72. The predicted molar refractivity (Wildman–Crippen MR) is 119 cm³/mol. The molecule has 0 spiro atoms. The topological polar surface area (TPSA) is 70.7 Å². The molecule has 3 amide bonds. The van der Waals surface area contributed by atoms with Crippen molar-refractivity contribution in [3.8, 4) is 5.75 Å². The average molecular weight is 428 g/mol. The summed E-state index contributed by atoms with van der Waals surface area (Å²) in [5.74, 6) is 0.632. The second-order valence-electron chi connectivity index (χ2n) is 8.18.